The van der Waals surface area contributed by atoms with Gasteiger partial charge in [0.2, 0.25) is 5.91 Å². The Morgan fingerprint density at radius 2 is 1.94 bits per heavy atom. The fourth-order valence-electron chi connectivity index (χ4n) is 2.24. The van der Waals surface area contributed by atoms with Crippen molar-refractivity contribution in [3.63, 3.8) is 0 Å². The van der Waals surface area contributed by atoms with E-state index < -0.39 is 12.0 Å². The highest BCUT2D eigenvalue weighted by Crippen LogP contribution is 2.19. The van der Waals surface area contributed by atoms with Crippen molar-refractivity contribution in [1.82, 2.24) is 10.2 Å². The van der Waals surface area contributed by atoms with Crippen LogP contribution in [0.3, 0.4) is 0 Å². The zero-order chi connectivity index (χ0) is 13.0. The Hall–Kier alpha value is -1.10. The zero-order valence-electron chi connectivity index (χ0n) is 10.8. The second-order valence-corrected chi connectivity index (χ2v) is 4.93. The molecular formula is C12H22N2O3. The van der Waals surface area contributed by atoms with Crippen LogP contribution in [0.25, 0.3) is 0 Å². The molecule has 1 aliphatic rings. The highest BCUT2D eigenvalue weighted by Gasteiger charge is 2.34. The van der Waals surface area contributed by atoms with E-state index in [0.29, 0.717) is 13.0 Å². The Labute approximate surface area is 102 Å². The first-order valence-electron chi connectivity index (χ1n) is 6.22. The molecule has 17 heavy (non-hydrogen) atoms. The highest BCUT2D eigenvalue weighted by molar-refractivity contribution is 5.83. The first kappa shape index (κ1) is 14.0. The Balaban J connectivity index is 2.67. The summed E-state index contributed by atoms with van der Waals surface area (Å²) in [6.45, 7) is 6.26. The van der Waals surface area contributed by atoms with Crippen LogP contribution >= 0.6 is 0 Å². The van der Waals surface area contributed by atoms with Crippen molar-refractivity contribution >= 4 is 11.9 Å². The van der Waals surface area contributed by atoms with Crippen LogP contribution in [0.2, 0.25) is 0 Å². The van der Waals surface area contributed by atoms with Gasteiger partial charge in [0.05, 0.1) is 6.04 Å². The molecule has 5 nitrogen and oxygen atoms in total. The quantitative estimate of drug-likeness (QED) is 0.766. The first-order chi connectivity index (χ1) is 7.93. The predicted octanol–water partition coefficient (Wildman–Crippen LogP) is 0.839. The summed E-state index contributed by atoms with van der Waals surface area (Å²) in [6, 6.07) is -0.812. The Bertz CT molecular complexity index is 291. The van der Waals surface area contributed by atoms with Gasteiger partial charge in [-0.2, -0.15) is 0 Å². The molecule has 0 radical (unpaired) electrons. The standard InChI is InChI=1S/C12H22N2O3/c1-8(2)13-11(15)9(3)14-7-5-4-6-10(14)12(16)17/h8-10H,4-7H2,1-3H3,(H,13,15)(H,16,17). The van der Waals surface area contributed by atoms with Crippen molar-refractivity contribution in [3.8, 4) is 0 Å². The molecule has 5 heteroatoms. The molecule has 0 bridgehead atoms. The summed E-state index contributed by atoms with van der Waals surface area (Å²) >= 11 is 0. The van der Waals surface area contributed by atoms with E-state index in [2.05, 4.69) is 5.32 Å². The van der Waals surface area contributed by atoms with Gasteiger partial charge >= 0.3 is 5.97 Å². The number of carbonyl (C=O) groups is 2. The molecule has 0 saturated carbocycles. The van der Waals surface area contributed by atoms with Crippen LogP contribution in [-0.4, -0.2) is 46.6 Å². The van der Waals surface area contributed by atoms with Crippen molar-refractivity contribution in [2.45, 2.75) is 58.2 Å². The predicted molar refractivity (Wildman–Crippen MR) is 64.7 cm³/mol. The van der Waals surface area contributed by atoms with Crippen LogP contribution in [0, 0.1) is 0 Å². The van der Waals surface area contributed by atoms with Gasteiger partial charge in [-0.25, -0.2) is 0 Å². The van der Waals surface area contributed by atoms with Crippen molar-refractivity contribution in [2.75, 3.05) is 6.54 Å². The van der Waals surface area contributed by atoms with Crippen molar-refractivity contribution in [2.24, 2.45) is 0 Å². The van der Waals surface area contributed by atoms with Gasteiger partial charge in [0.25, 0.3) is 0 Å². The molecule has 1 rings (SSSR count). The molecular weight excluding hydrogens is 220 g/mol. The maximum atomic E-state index is 11.9. The minimum atomic E-state index is -0.825. The van der Waals surface area contributed by atoms with Crippen molar-refractivity contribution in [1.29, 1.82) is 0 Å². The normalized spacial score (nSPS) is 23.4. The SMILES string of the molecule is CC(C)NC(=O)C(C)N1CCCCC1C(=O)O. The lowest BCUT2D eigenvalue weighted by atomic mass is 10.00. The molecule has 2 unspecified atom stereocenters. The number of piperidine rings is 1. The van der Waals surface area contributed by atoms with Crippen LogP contribution in [0.15, 0.2) is 0 Å². The molecule has 1 fully saturated rings. The van der Waals surface area contributed by atoms with E-state index in [0.717, 1.165) is 12.8 Å². The number of amides is 1. The van der Waals surface area contributed by atoms with Crippen LogP contribution in [0.4, 0.5) is 0 Å². The minimum absolute atomic E-state index is 0.0815. The molecule has 0 aliphatic carbocycles. The van der Waals surface area contributed by atoms with E-state index in [1.54, 1.807) is 11.8 Å². The van der Waals surface area contributed by atoms with E-state index in [4.69, 9.17) is 5.11 Å². The fraction of sp³-hybridized carbons (Fsp3) is 0.833. The number of nitrogens with zero attached hydrogens (tertiary/aromatic N) is 1. The van der Waals surface area contributed by atoms with Gasteiger partial charge in [0.1, 0.15) is 6.04 Å². The summed E-state index contributed by atoms with van der Waals surface area (Å²) < 4.78 is 0. The lowest BCUT2D eigenvalue weighted by Gasteiger charge is -2.36. The average Bonchev–Trinajstić information content (AvgIpc) is 2.27. The number of carboxylic acids is 1. The number of carboxylic acid groups (broad SMARTS) is 1. The molecule has 1 amide bonds. The summed E-state index contributed by atoms with van der Waals surface area (Å²) in [6.07, 6.45) is 2.52. The number of carbonyl (C=O) groups excluding carboxylic acids is 1. The largest absolute Gasteiger partial charge is 0.480 e. The molecule has 2 N–H and O–H groups in total. The molecule has 0 aromatic rings. The van der Waals surface area contributed by atoms with Gasteiger partial charge in [-0.05, 0) is 40.2 Å². The second-order valence-electron chi connectivity index (χ2n) is 4.93. The third kappa shape index (κ3) is 3.70. The van der Waals surface area contributed by atoms with Crippen LogP contribution < -0.4 is 5.32 Å². The van der Waals surface area contributed by atoms with E-state index in [-0.39, 0.29) is 18.0 Å². The molecule has 2 atom stereocenters. The number of hydrogen-bond acceptors (Lipinski definition) is 3. The molecule has 0 spiro atoms. The lowest BCUT2D eigenvalue weighted by molar-refractivity contribution is -0.147. The third-order valence-electron chi connectivity index (χ3n) is 3.14. The van der Waals surface area contributed by atoms with E-state index in [1.807, 2.05) is 13.8 Å². The lowest BCUT2D eigenvalue weighted by Crippen LogP contribution is -2.55. The maximum Gasteiger partial charge on any atom is 0.320 e. The molecule has 0 aromatic heterocycles. The summed E-state index contributed by atoms with van der Waals surface area (Å²) in [5.41, 5.74) is 0. The summed E-state index contributed by atoms with van der Waals surface area (Å²) in [7, 11) is 0. The van der Waals surface area contributed by atoms with Crippen LogP contribution in [0.1, 0.15) is 40.0 Å². The van der Waals surface area contributed by atoms with E-state index in [9.17, 15) is 9.59 Å². The topological polar surface area (TPSA) is 69.6 Å². The highest BCUT2D eigenvalue weighted by atomic mass is 16.4. The first-order valence-corrected chi connectivity index (χ1v) is 6.22. The van der Waals surface area contributed by atoms with E-state index >= 15 is 0 Å². The number of aliphatic carboxylic acids is 1. The molecule has 1 heterocycles. The fourth-order valence-corrected chi connectivity index (χ4v) is 2.24. The maximum absolute atomic E-state index is 11.9. The summed E-state index contributed by atoms with van der Waals surface area (Å²) in [5, 5.41) is 12.0. The Kier molecular flexibility index (Phi) is 4.93. The third-order valence-corrected chi connectivity index (χ3v) is 3.14. The smallest absolute Gasteiger partial charge is 0.320 e. The van der Waals surface area contributed by atoms with Crippen molar-refractivity contribution < 1.29 is 14.7 Å². The van der Waals surface area contributed by atoms with Crippen molar-refractivity contribution in [3.05, 3.63) is 0 Å². The average molecular weight is 242 g/mol. The van der Waals surface area contributed by atoms with E-state index in [1.165, 1.54) is 0 Å². The van der Waals surface area contributed by atoms with Gasteiger partial charge in [-0.15, -0.1) is 0 Å². The van der Waals surface area contributed by atoms with Gasteiger partial charge in [0, 0.05) is 6.04 Å². The second kappa shape index (κ2) is 6.00. The van der Waals surface area contributed by atoms with Gasteiger partial charge in [0.15, 0.2) is 0 Å². The van der Waals surface area contributed by atoms with Crippen LogP contribution in [-0.2, 0) is 9.59 Å². The zero-order valence-corrected chi connectivity index (χ0v) is 10.8. The summed E-state index contributed by atoms with van der Waals surface area (Å²) in [4.78, 5) is 24.8. The molecule has 98 valence electrons. The molecule has 1 saturated heterocycles. The molecule has 1 aliphatic heterocycles. The number of rotatable bonds is 4. The summed E-state index contributed by atoms with van der Waals surface area (Å²) in [5.74, 6) is -0.915. The molecule has 0 aromatic carbocycles. The number of hydrogen-bond donors (Lipinski definition) is 2. The van der Waals surface area contributed by atoms with Gasteiger partial charge in [-0.3, -0.25) is 14.5 Å². The minimum Gasteiger partial charge on any atom is -0.480 e. The van der Waals surface area contributed by atoms with Crippen LogP contribution in [0.5, 0.6) is 0 Å². The number of likely N-dealkylation sites (tertiary alicyclic amines) is 1. The Morgan fingerprint density at radius 3 is 2.47 bits per heavy atom. The number of nitrogens with one attached hydrogen (secondary N) is 1. The Morgan fingerprint density at radius 1 is 1.29 bits per heavy atom. The van der Waals surface area contributed by atoms with Gasteiger partial charge < -0.3 is 10.4 Å². The van der Waals surface area contributed by atoms with Gasteiger partial charge in [-0.1, -0.05) is 6.42 Å². The monoisotopic (exact) mass is 242 g/mol.